The summed E-state index contributed by atoms with van der Waals surface area (Å²) in [5, 5.41) is 3.12. The van der Waals surface area contributed by atoms with Crippen LogP contribution in [-0.2, 0) is 10.2 Å². The molecule has 1 aliphatic rings. The maximum atomic E-state index is 11.8. The Hall–Kier alpha value is -0.0800. The van der Waals surface area contributed by atoms with Gasteiger partial charge in [-0.3, -0.25) is 0 Å². The van der Waals surface area contributed by atoms with Crippen molar-refractivity contribution in [3.8, 4) is 0 Å². The summed E-state index contributed by atoms with van der Waals surface area (Å²) in [6.07, 6.45) is 1.81. The molecule has 94 valence electrons. The first kappa shape index (κ1) is 14.0. The monoisotopic (exact) mass is 265 g/mol. The molecule has 0 amide bonds. The topological polar surface area (TPSA) is 61.4 Å². The maximum Gasteiger partial charge on any atom is 0.279 e. The molecular weight excluding hydrogens is 246 g/mol. The Balaban J connectivity index is 2.25. The van der Waals surface area contributed by atoms with Crippen LogP contribution in [-0.4, -0.2) is 57.0 Å². The quantitative estimate of drug-likeness (QED) is 0.488. The zero-order valence-corrected chi connectivity index (χ0v) is 10.9. The Labute approximate surface area is 102 Å². The number of hydrogen-bond donors (Lipinski definition) is 2. The average molecular weight is 265 g/mol. The van der Waals surface area contributed by atoms with Gasteiger partial charge in [0.15, 0.2) is 0 Å². The third kappa shape index (κ3) is 4.84. The van der Waals surface area contributed by atoms with Gasteiger partial charge in [0.25, 0.3) is 10.2 Å². The van der Waals surface area contributed by atoms with Crippen molar-refractivity contribution < 1.29 is 8.42 Å². The standard InChI is InChI=1S/C9H19N3O2S2/c1-2-8-15-9-5-11-16(13,14)12-6-3-10-4-7-12/h2,10-11H,1,3-9H2. The van der Waals surface area contributed by atoms with Gasteiger partial charge in [-0.1, -0.05) is 6.08 Å². The highest BCUT2D eigenvalue weighted by molar-refractivity contribution is 7.99. The van der Waals surface area contributed by atoms with Crippen LogP contribution in [0.5, 0.6) is 0 Å². The van der Waals surface area contributed by atoms with Gasteiger partial charge < -0.3 is 5.32 Å². The van der Waals surface area contributed by atoms with Gasteiger partial charge in [-0.15, -0.1) is 6.58 Å². The van der Waals surface area contributed by atoms with E-state index in [-0.39, 0.29) is 0 Å². The highest BCUT2D eigenvalue weighted by Crippen LogP contribution is 2.01. The van der Waals surface area contributed by atoms with Crippen molar-refractivity contribution in [2.75, 3.05) is 44.2 Å². The zero-order chi connectivity index (χ0) is 11.9. The van der Waals surface area contributed by atoms with Gasteiger partial charge in [-0.25, -0.2) is 4.72 Å². The summed E-state index contributed by atoms with van der Waals surface area (Å²) in [4.78, 5) is 0. The van der Waals surface area contributed by atoms with E-state index in [0.717, 1.165) is 24.6 Å². The molecule has 0 radical (unpaired) electrons. The summed E-state index contributed by atoms with van der Waals surface area (Å²) in [6.45, 7) is 6.64. The van der Waals surface area contributed by atoms with Crippen LogP contribution in [0, 0.1) is 0 Å². The Morgan fingerprint density at radius 2 is 2.12 bits per heavy atom. The van der Waals surface area contributed by atoms with E-state index >= 15 is 0 Å². The van der Waals surface area contributed by atoms with E-state index in [2.05, 4.69) is 16.6 Å². The molecule has 5 nitrogen and oxygen atoms in total. The molecule has 0 aromatic rings. The van der Waals surface area contributed by atoms with Gasteiger partial charge in [0.05, 0.1) is 0 Å². The first-order chi connectivity index (χ1) is 7.67. The molecule has 1 rings (SSSR count). The van der Waals surface area contributed by atoms with E-state index < -0.39 is 10.2 Å². The summed E-state index contributed by atoms with van der Waals surface area (Å²) in [5.41, 5.74) is 0. The second-order valence-corrected chi connectivity index (χ2v) is 6.32. The molecule has 0 aromatic heterocycles. The van der Waals surface area contributed by atoms with E-state index in [1.807, 2.05) is 6.08 Å². The minimum Gasteiger partial charge on any atom is -0.314 e. The summed E-state index contributed by atoms with van der Waals surface area (Å²) in [7, 11) is -3.27. The van der Waals surface area contributed by atoms with E-state index in [1.54, 1.807) is 11.8 Å². The first-order valence-corrected chi connectivity index (χ1v) is 7.90. The van der Waals surface area contributed by atoms with Crippen LogP contribution in [0.2, 0.25) is 0 Å². The Morgan fingerprint density at radius 3 is 2.75 bits per heavy atom. The molecule has 0 atom stereocenters. The minimum absolute atomic E-state index is 0.477. The lowest BCUT2D eigenvalue weighted by atomic mass is 10.4. The summed E-state index contributed by atoms with van der Waals surface area (Å²) in [5.74, 6) is 1.63. The van der Waals surface area contributed by atoms with Crippen LogP contribution in [0.3, 0.4) is 0 Å². The summed E-state index contributed by atoms with van der Waals surface area (Å²) < 4.78 is 27.6. The largest absolute Gasteiger partial charge is 0.314 e. The van der Waals surface area contributed by atoms with Crippen molar-refractivity contribution in [1.82, 2.24) is 14.3 Å². The van der Waals surface area contributed by atoms with Crippen molar-refractivity contribution in [3.63, 3.8) is 0 Å². The van der Waals surface area contributed by atoms with E-state index in [4.69, 9.17) is 0 Å². The Kier molecular flexibility index (Phi) is 6.37. The fourth-order valence-electron chi connectivity index (χ4n) is 1.39. The number of hydrogen-bond acceptors (Lipinski definition) is 4. The molecule has 0 aromatic carbocycles. The van der Waals surface area contributed by atoms with Crippen molar-refractivity contribution >= 4 is 22.0 Å². The molecule has 0 unspecified atom stereocenters. The number of piperazine rings is 1. The van der Waals surface area contributed by atoms with E-state index in [9.17, 15) is 8.42 Å². The predicted molar refractivity (Wildman–Crippen MR) is 68.9 cm³/mol. The number of nitrogens with one attached hydrogen (secondary N) is 2. The Bertz CT molecular complexity index is 300. The van der Waals surface area contributed by atoms with Crippen LogP contribution in [0.4, 0.5) is 0 Å². The molecule has 0 bridgehead atoms. The van der Waals surface area contributed by atoms with Crippen molar-refractivity contribution in [1.29, 1.82) is 0 Å². The van der Waals surface area contributed by atoms with Gasteiger partial charge in [0.2, 0.25) is 0 Å². The predicted octanol–water partition coefficient (Wildman–Crippen LogP) is -0.355. The molecular formula is C9H19N3O2S2. The molecule has 1 aliphatic heterocycles. The molecule has 2 N–H and O–H groups in total. The fraction of sp³-hybridized carbons (Fsp3) is 0.778. The average Bonchev–Trinajstić information content (AvgIpc) is 2.30. The van der Waals surface area contributed by atoms with Crippen molar-refractivity contribution in [2.24, 2.45) is 0 Å². The normalized spacial score (nSPS) is 18.5. The third-order valence-electron chi connectivity index (χ3n) is 2.18. The lowest BCUT2D eigenvalue weighted by Gasteiger charge is -2.26. The van der Waals surface area contributed by atoms with Crippen LogP contribution >= 0.6 is 11.8 Å². The first-order valence-electron chi connectivity index (χ1n) is 5.31. The van der Waals surface area contributed by atoms with Gasteiger partial charge in [0, 0.05) is 44.2 Å². The molecule has 7 heteroatoms. The number of thioether (sulfide) groups is 1. The van der Waals surface area contributed by atoms with Gasteiger partial charge in [-0.05, 0) is 0 Å². The number of nitrogens with zero attached hydrogens (tertiary/aromatic N) is 1. The van der Waals surface area contributed by atoms with Gasteiger partial charge in [-0.2, -0.15) is 24.5 Å². The number of rotatable bonds is 7. The maximum absolute atomic E-state index is 11.8. The molecule has 1 fully saturated rings. The van der Waals surface area contributed by atoms with Crippen molar-refractivity contribution in [2.45, 2.75) is 0 Å². The summed E-state index contributed by atoms with van der Waals surface area (Å²) >= 11 is 1.66. The molecule has 1 heterocycles. The molecule has 0 aliphatic carbocycles. The molecule has 0 saturated carbocycles. The van der Waals surface area contributed by atoms with Crippen LogP contribution in [0.15, 0.2) is 12.7 Å². The van der Waals surface area contributed by atoms with Gasteiger partial charge >= 0.3 is 0 Å². The van der Waals surface area contributed by atoms with Crippen LogP contribution in [0.1, 0.15) is 0 Å². The molecule has 0 spiro atoms. The lowest BCUT2D eigenvalue weighted by molar-refractivity contribution is 0.355. The van der Waals surface area contributed by atoms with Crippen LogP contribution in [0.25, 0.3) is 0 Å². The second-order valence-electron chi connectivity index (χ2n) is 3.41. The minimum atomic E-state index is -3.27. The summed E-state index contributed by atoms with van der Waals surface area (Å²) in [6, 6.07) is 0. The molecule has 16 heavy (non-hydrogen) atoms. The van der Waals surface area contributed by atoms with E-state index in [0.29, 0.717) is 19.6 Å². The van der Waals surface area contributed by atoms with Gasteiger partial charge in [0.1, 0.15) is 0 Å². The van der Waals surface area contributed by atoms with E-state index in [1.165, 1.54) is 4.31 Å². The molecule has 1 saturated heterocycles. The lowest BCUT2D eigenvalue weighted by Crippen LogP contribution is -2.50. The SMILES string of the molecule is C=CCSCCNS(=O)(=O)N1CCNCC1. The fourth-order valence-corrected chi connectivity index (χ4v) is 3.30. The zero-order valence-electron chi connectivity index (χ0n) is 9.31. The smallest absolute Gasteiger partial charge is 0.279 e. The second kappa shape index (κ2) is 7.29. The third-order valence-corrected chi connectivity index (χ3v) is 4.76. The highest BCUT2D eigenvalue weighted by Gasteiger charge is 2.22. The van der Waals surface area contributed by atoms with Crippen molar-refractivity contribution in [3.05, 3.63) is 12.7 Å². The van der Waals surface area contributed by atoms with Crippen LogP contribution < -0.4 is 10.0 Å². The highest BCUT2D eigenvalue weighted by atomic mass is 32.2. The Morgan fingerprint density at radius 1 is 1.44 bits per heavy atom.